The van der Waals surface area contributed by atoms with Gasteiger partial charge in [-0.3, -0.25) is 14.4 Å². The molecule has 27 heavy (non-hydrogen) atoms. The molecule has 0 fully saturated rings. The van der Waals surface area contributed by atoms with E-state index in [0.717, 1.165) is 12.8 Å². The summed E-state index contributed by atoms with van der Waals surface area (Å²) in [7, 11) is 2.57. The van der Waals surface area contributed by atoms with Crippen LogP contribution in [0.1, 0.15) is 53.4 Å². The van der Waals surface area contributed by atoms with Crippen LogP contribution in [0.15, 0.2) is 0 Å². The first-order valence-electron chi connectivity index (χ1n) is 8.89. The fourth-order valence-corrected chi connectivity index (χ4v) is 1.42. The van der Waals surface area contributed by atoms with E-state index in [1.165, 1.54) is 14.2 Å². The molecule has 2 unspecified atom stereocenters. The Kier molecular flexibility index (Phi) is 22.9. The van der Waals surface area contributed by atoms with Crippen LogP contribution >= 0.6 is 0 Å². The molecule has 2 atom stereocenters. The summed E-state index contributed by atoms with van der Waals surface area (Å²) in [6, 6.07) is 0. The molecule has 9 heteroatoms. The standard InChI is InChI=1S/C9H16O4.C6H12O4.C3H8O/c1-4-5-13-8(10)6-7(2)9(11)12-3;1-4(3-5(7)8)6(9)10-2;1-2-3-4/h7H,4-6H2,1-3H3;4-5,7-8H,3H2,1-2H3;4H,2-3H2,1H3. The van der Waals surface area contributed by atoms with Crippen LogP contribution in [0.25, 0.3) is 0 Å². The number of ether oxygens (including phenoxy) is 3. The minimum atomic E-state index is -1.44. The van der Waals surface area contributed by atoms with Crippen LogP contribution in [-0.2, 0) is 28.6 Å². The van der Waals surface area contributed by atoms with E-state index in [1.54, 1.807) is 13.8 Å². The molecular weight excluding hydrogens is 360 g/mol. The third kappa shape index (κ3) is 22.2. The van der Waals surface area contributed by atoms with E-state index in [-0.39, 0.29) is 24.8 Å². The topological polar surface area (TPSA) is 140 Å². The SMILES string of the molecule is CCCO.CCCOC(=O)CC(C)C(=O)OC.COC(=O)C(C)CC(O)O. The molecule has 0 saturated carbocycles. The van der Waals surface area contributed by atoms with E-state index in [9.17, 15) is 14.4 Å². The van der Waals surface area contributed by atoms with E-state index in [4.69, 9.17) is 20.1 Å². The number of aliphatic hydroxyl groups excluding tert-OH is 2. The Balaban J connectivity index is -0.000000364. The predicted molar refractivity (Wildman–Crippen MR) is 98.4 cm³/mol. The fourth-order valence-electron chi connectivity index (χ4n) is 1.42. The largest absolute Gasteiger partial charge is 0.469 e. The fraction of sp³-hybridized carbons (Fsp3) is 0.833. The van der Waals surface area contributed by atoms with Crippen molar-refractivity contribution in [3.05, 3.63) is 0 Å². The monoisotopic (exact) mass is 396 g/mol. The lowest BCUT2D eigenvalue weighted by Crippen LogP contribution is -2.19. The summed E-state index contributed by atoms with van der Waals surface area (Å²) in [5, 5.41) is 24.7. The van der Waals surface area contributed by atoms with Crippen LogP contribution in [0, 0.1) is 11.8 Å². The van der Waals surface area contributed by atoms with E-state index in [2.05, 4.69) is 9.47 Å². The predicted octanol–water partition coefficient (Wildman–Crippen LogP) is 1.02. The zero-order valence-corrected chi connectivity index (χ0v) is 17.3. The molecule has 0 spiro atoms. The maximum Gasteiger partial charge on any atom is 0.308 e. The zero-order valence-electron chi connectivity index (χ0n) is 17.3. The average Bonchev–Trinajstić information content (AvgIpc) is 2.64. The first-order valence-corrected chi connectivity index (χ1v) is 8.89. The number of esters is 3. The number of methoxy groups -OCH3 is 2. The molecule has 0 rings (SSSR count). The Labute approximate surface area is 161 Å². The van der Waals surface area contributed by atoms with Gasteiger partial charge in [-0.25, -0.2) is 0 Å². The van der Waals surface area contributed by atoms with E-state index in [1.807, 2.05) is 13.8 Å². The molecule has 0 heterocycles. The Bertz CT molecular complexity index is 381. The number of carbonyl (C=O) groups excluding carboxylic acids is 3. The molecule has 0 radical (unpaired) electrons. The van der Waals surface area contributed by atoms with Gasteiger partial charge in [0.2, 0.25) is 0 Å². The van der Waals surface area contributed by atoms with Crippen LogP contribution in [0.5, 0.6) is 0 Å². The molecule has 0 amide bonds. The summed E-state index contributed by atoms with van der Waals surface area (Å²) < 4.78 is 13.6. The highest BCUT2D eigenvalue weighted by Gasteiger charge is 2.18. The summed E-state index contributed by atoms with van der Waals surface area (Å²) in [4.78, 5) is 32.5. The second-order valence-electron chi connectivity index (χ2n) is 5.71. The molecule has 0 saturated heterocycles. The van der Waals surface area contributed by atoms with Crippen molar-refractivity contribution in [2.45, 2.75) is 59.7 Å². The van der Waals surface area contributed by atoms with Gasteiger partial charge in [0, 0.05) is 13.0 Å². The van der Waals surface area contributed by atoms with Crippen molar-refractivity contribution in [2.75, 3.05) is 27.4 Å². The van der Waals surface area contributed by atoms with E-state index in [0.29, 0.717) is 13.2 Å². The summed E-state index contributed by atoms with van der Waals surface area (Å²) in [6.07, 6.45) is 0.339. The number of rotatable bonds is 9. The smallest absolute Gasteiger partial charge is 0.308 e. The highest BCUT2D eigenvalue weighted by molar-refractivity contribution is 5.79. The van der Waals surface area contributed by atoms with Crippen molar-refractivity contribution in [2.24, 2.45) is 11.8 Å². The molecule has 0 aliphatic rings. The third-order valence-electron chi connectivity index (χ3n) is 2.94. The Morgan fingerprint density at radius 1 is 0.889 bits per heavy atom. The first kappa shape index (κ1) is 30.0. The lowest BCUT2D eigenvalue weighted by Gasteiger charge is -2.09. The zero-order chi connectivity index (χ0) is 21.8. The normalized spacial score (nSPS) is 11.8. The molecule has 0 aliphatic heterocycles. The highest BCUT2D eigenvalue weighted by atomic mass is 16.5. The van der Waals surface area contributed by atoms with Crippen molar-refractivity contribution in [1.29, 1.82) is 0 Å². The molecule has 0 aromatic rings. The molecule has 0 bridgehead atoms. The van der Waals surface area contributed by atoms with Crippen LogP contribution in [0.3, 0.4) is 0 Å². The van der Waals surface area contributed by atoms with Gasteiger partial charge in [0.1, 0.15) is 0 Å². The van der Waals surface area contributed by atoms with Crippen molar-refractivity contribution < 1.29 is 43.9 Å². The van der Waals surface area contributed by atoms with Crippen molar-refractivity contribution in [3.63, 3.8) is 0 Å². The first-order chi connectivity index (χ1) is 12.6. The lowest BCUT2D eigenvalue weighted by atomic mass is 10.1. The molecule has 0 aromatic heterocycles. The van der Waals surface area contributed by atoms with E-state index >= 15 is 0 Å². The number of hydrogen-bond donors (Lipinski definition) is 3. The van der Waals surface area contributed by atoms with Crippen molar-refractivity contribution >= 4 is 17.9 Å². The molecular formula is C18H36O9. The maximum atomic E-state index is 11.0. The average molecular weight is 396 g/mol. The van der Waals surface area contributed by atoms with Crippen LogP contribution in [-0.4, -0.2) is 67.0 Å². The number of carbonyl (C=O) groups is 3. The molecule has 162 valence electrons. The van der Waals surface area contributed by atoms with Gasteiger partial charge in [0.15, 0.2) is 6.29 Å². The van der Waals surface area contributed by atoms with Crippen LogP contribution in [0.2, 0.25) is 0 Å². The lowest BCUT2D eigenvalue weighted by molar-refractivity contribution is -0.152. The Morgan fingerprint density at radius 3 is 1.67 bits per heavy atom. The Hall–Kier alpha value is -1.71. The summed E-state index contributed by atoms with van der Waals surface area (Å²) in [5.41, 5.74) is 0. The highest BCUT2D eigenvalue weighted by Crippen LogP contribution is 2.06. The molecule has 0 aliphatic carbocycles. The maximum absolute atomic E-state index is 11.0. The van der Waals surface area contributed by atoms with Gasteiger partial charge in [-0.2, -0.15) is 0 Å². The molecule has 0 aromatic carbocycles. The minimum absolute atomic E-state index is 0.0205. The summed E-state index contributed by atoms with van der Waals surface area (Å²) in [6.45, 7) is 7.79. The van der Waals surface area contributed by atoms with Gasteiger partial charge >= 0.3 is 17.9 Å². The van der Waals surface area contributed by atoms with Gasteiger partial charge in [0.25, 0.3) is 0 Å². The third-order valence-corrected chi connectivity index (χ3v) is 2.94. The quantitative estimate of drug-likeness (QED) is 0.296. The van der Waals surface area contributed by atoms with Gasteiger partial charge in [-0.05, 0) is 12.8 Å². The van der Waals surface area contributed by atoms with Crippen LogP contribution < -0.4 is 0 Å². The molecule has 3 N–H and O–H groups in total. The Morgan fingerprint density at radius 2 is 1.33 bits per heavy atom. The number of aliphatic hydroxyl groups is 3. The number of hydrogen-bond acceptors (Lipinski definition) is 9. The van der Waals surface area contributed by atoms with Crippen molar-refractivity contribution in [1.82, 2.24) is 0 Å². The second kappa shape index (κ2) is 20.6. The minimum Gasteiger partial charge on any atom is -0.469 e. The van der Waals surface area contributed by atoms with Gasteiger partial charge in [-0.1, -0.05) is 27.7 Å². The second-order valence-corrected chi connectivity index (χ2v) is 5.71. The summed E-state index contributed by atoms with van der Waals surface area (Å²) >= 11 is 0. The summed E-state index contributed by atoms with van der Waals surface area (Å²) in [5.74, 6) is -2.03. The van der Waals surface area contributed by atoms with Crippen molar-refractivity contribution in [3.8, 4) is 0 Å². The molecule has 9 nitrogen and oxygen atoms in total. The van der Waals surface area contributed by atoms with Gasteiger partial charge < -0.3 is 29.5 Å². The van der Waals surface area contributed by atoms with Gasteiger partial charge in [-0.15, -0.1) is 0 Å². The van der Waals surface area contributed by atoms with Gasteiger partial charge in [0.05, 0.1) is 39.1 Å². The van der Waals surface area contributed by atoms with Crippen LogP contribution in [0.4, 0.5) is 0 Å². The van der Waals surface area contributed by atoms with E-state index < -0.39 is 24.1 Å².